The maximum absolute atomic E-state index is 5.21. The number of rotatable bonds is 2. The molecule has 0 saturated carbocycles. The Morgan fingerprint density at radius 2 is 1.67 bits per heavy atom. The van der Waals surface area contributed by atoms with Gasteiger partial charge < -0.3 is 9.47 Å². The largest absolute Gasteiger partial charge is 0.334 e. The SMILES string of the molecule is c1ccc(S[C]2OCCO2)cc1. The molecule has 2 rings (SSSR count). The van der Waals surface area contributed by atoms with Crippen molar-refractivity contribution in [1.82, 2.24) is 0 Å². The molecule has 12 heavy (non-hydrogen) atoms. The molecule has 1 fully saturated rings. The first-order valence-electron chi connectivity index (χ1n) is 3.80. The molecule has 1 aliphatic heterocycles. The van der Waals surface area contributed by atoms with Crippen molar-refractivity contribution in [2.75, 3.05) is 13.2 Å². The summed E-state index contributed by atoms with van der Waals surface area (Å²) < 4.78 is 10.4. The van der Waals surface area contributed by atoms with Gasteiger partial charge in [-0.25, -0.2) is 0 Å². The Morgan fingerprint density at radius 1 is 1.00 bits per heavy atom. The average Bonchev–Trinajstić information content (AvgIpc) is 2.59. The van der Waals surface area contributed by atoms with E-state index in [0.717, 1.165) is 4.90 Å². The van der Waals surface area contributed by atoms with Crippen LogP contribution >= 0.6 is 11.8 Å². The summed E-state index contributed by atoms with van der Waals surface area (Å²) in [5, 5.41) is 0. The van der Waals surface area contributed by atoms with E-state index in [-0.39, 0.29) is 0 Å². The molecule has 3 heteroatoms. The van der Waals surface area contributed by atoms with Crippen molar-refractivity contribution >= 4 is 11.8 Å². The molecule has 1 aliphatic rings. The Balaban J connectivity index is 1.94. The number of thioether (sulfide) groups is 1. The highest BCUT2D eigenvalue weighted by molar-refractivity contribution is 8.01. The molecule has 1 aromatic carbocycles. The van der Waals surface area contributed by atoms with Crippen molar-refractivity contribution < 1.29 is 9.47 Å². The lowest BCUT2D eigenvalue weighted by Crippen LogP contribution is -1.88. The van der Waals surface area contributed by atoms with Gasteiger partial charge in [-0.2, -0.15) is 0 Å². The lowest BCUT2D eigenvalue weighted by molar-refractivity contribution is 0.135. The van der Waals surface area contributed by atoms with Crippen molar-refractivity contribution in [3.05, 3.63) is 36.0 Å². The molecule has 1 saturated heterocycles. The van der Waals surface area contributed by atoms with Crippen LogP contribution in [0.25, 0.3) is 0 Å². The summed E-state index contributed by atoms with van der Waals surface area (Å²) in [7, 11) is 0. The summed E-state index contributed by atoms with van der Waals surface area (Å²) in [6, 6.07) is 10.0. The van der Waals surface area contributed by atoms with Gasteiger partial charge in [0.05, 0.1) is 13.2 Å². The molecule has 0 bridgehead atoms. The second-order valence-corrected chi connectivity index (χ2v) is 3.37. The first-order chi connectivity index (χ1) is 5.95. The Morgan fingerprint density at radius 3 is 2.33 bits per heavy atom. The van der Waals surface area contributed by atoms with Gasteiger partial charge in [-0.1, -0.05) is 30.0 Å². The zero-order valence-corrected chi connectivity index (χ0v) is 7.34. The number of hydrogen-bond acceptors (Lipinski definition) is 3. The van der Waals surface area contributed by atoms with E-state index < -0.39 is 0 Å². The van der Waals surface area contributed by atoms with E-state index in [1.54, 1.807) is 0 Å². The van der Waals surface area contributed by atoms with E-state index in [1.807, 2.05) is 30.3 Å². The van der Waals surface area contributed by atoms with Crippen LogP contribution < -0.4 is 0 Å². The Labute approximate surface area is 75.9 Å². The van der Waals surface area contributed by atoms with Gasteiger partial charge in [0, 0.05) is 4.90 Å². The molecule has 0 N–H and O–H groups in total. The molecule has 1 aromatic rings. The zero-order chi connectivity index (χ0) is 8.23. The molecule has 1 heterocycles. The lowest BCUT2D eigenvalue weighted by atomic mass is 10.4. The minimum atomic E-state index is 0.668. The first-order valence-corrected chi connectivity index (χ1v) is 4.62. The predicted octanol–water partition coefficient (Wildman–Crippen LogP) is 2.27. The number of benzene rings is 1. The Kier molecular flexibility index (Phi) is 2.66. The maximum atomic E-state index is 5.21. The molecule has 63 valence electrons. The van der Waals surface area contributed by atoms with Crippen molar-refractivity contribution in [3.8, 4) is 0 Å². The third-order valence-corrected chi connectivity index (χ3v) is 2.38. The van der Waals surface area contributed by atoms with Gasteiger partial charge in [-0.3, -0.25) is 0 Å². The summed E-state index contributed by atoms with van der Waals surface area (Å²) >= 11 is 1.52. The van der Waals surface area contributed by atoms with E-state index in [2.05, 4.69) is 0 Å². The molecule has 0 amide bonds. The van der Waals surface area contributed by atoms with E-state index in [0.29, 0.717) is 18.8 Å². The van der Waals surface area contributed by atoms with Gasteiger partial charge in [0.25, 0.3) is 5.62 Å². The summed E-state index contributed by atoms with van der Waals surface area (Å²) in [6.07, 6.45) is 0. The fraction of sp³-hybridized carbons (Fsp3) is 0.222. The van der Waals surface area contributed by atoms with Crippen LogP contribution in [-0.2, 0) is 9.47 Å². The highest BCUT2D eigenvalue weighted by Crippen LogP contribution is 2.32. The van der Waals surface area contributed by atoms with Gasteiger partial charge in [0.2, 0.25) is 0 Å². The molecular formula is C9H9O2S. The zero-order valence-electron chi connectivity index (χ0n) is 6.53. The van der Waals surface area contributed by atoms with Crippen LogP contribution in [0.2, 0.25) is 0 Å². The second-order valence-electron chi connectivity index (χ2n) is 2.36. The molecule has 0 aliphatic carbocycles. The molecule has 2 nitrogen and oxygen atoms in total. The lowest BCUT2D eigenvalue weighted by Gasteiger charge is -2.04. The van der Waals surface area contributed by atoms with E-state index in [1.165, 1.54) is 11.8 Å². The molecule has 0 aromatic heterocycles. The predicted molar refractivity (Wildman–Crippen MR) is 47.4 cm³/mol. The van der Waals surface area contributed by atoms with Crippen LogP contribution in [0.4, 0.5) is 0 Å². The molecule has 1 radical (unpaired) electrons. The third kappa shape index (κ3) is 2.00. The van der Waals surface area contributed by atoms with Crippen LogP contribution in [-0.4, -0.2) is 13.2 Å². The van der Waals surface area contributed by atoms with E-state index in [9.17, 15) is 0 Å². The summed E-state index contributed by atoms with van der Waals surface area (Å²) in [5.74, 6) is 0. The van der Waals surface area contributed by atoms with Crippen LogP contribution in [0.15, 0.2) is 35.2 Å². The molecule has 0 spiro atoms. The third-order valence-electron chi connectivity index (χ3n) is 1.47. The first kappa shape index (κ1) is 8.10. The van der Waals surface area contributed by atoms with Gasteiger partial charge in [0.15, 0.2) is 0 Å². The molecule has 0 unspecified atom stereocenters. The fourth-order valence-electron chi connectivity index (χ4n) is 0.935. The van der Waals surface area contributed by atoms with Crippen molar-refractivity contribution in [3.63, 3.8) is 0 Å². The average molecular weight is 181 g/mol. The van der Waals surface area contributed by atoms with Crippen LogP contribution in [0.3, 0.4) is 0 Å². The van der Waals surface area contributed by atoms with Crippen molar-refractivity contribution in [1.29, 1.82) is 0 Å². The Hall–Kier alpha value is -0.510. The summed E-state index contributed by atoms with van der Waals surface area (Å²) in [4.78, 5) is 1.15. The maximum Gasteiger partial charge on any atom is 0.290 e. The minimum absolute atomic E-state index is 0.668. The molecule has 0 atom stereocenters. The van der Waals surface area contributed by atoms with E-state index in [4.69, 9.17) is 9.47 Å². The fourth-order valence-corrected chi connectivity index (χ4v) is 1.71. The normalized spacial score (nSPS) is 18.3. The van der Waals surface area contributed by atoms with Crippen molar-refractivity contribution in [2.45, 2.75) is 4.90 Å². The van der Waals surface area contributed by atoms with Gasteiger partial charge in [-0.15, -0.1) is 0 Å². The number of ether oxygens (including phenoxy) is 2. The number of hydrogen-bond donors (Lipinski definition) is 0. The summed E-state index contributed by atoms with van der Waals surface area (Å²) in [6.45, 7) is 1.35. The van der Waals surface area contributed by atoms with Gasteiger partial charge in [0.1, 0.15) is 0 Å². The van der Waals surface area contributed by atoms with E-state index >= 15 is 0 Å². The quantitative estimate of drug-likeness (QED) is 0.697. The van der Waals surface area contributed by atoms with Crippen LogP contribution in [0.5, 0.6) is 0 Å². The topological polar surface area (TPSA) is 18.5 Å². The van der Waals surface area contributed by atoms with Crippen molar-refractivity contribution in [2.24, 2.45) is 0 Å². The Bertz CT molecular complexity index is 232. The highest BCUT2D eigenvalue weighted by atomic mass is 32.2. The second kappa shape index (κ2) is 3.94. The van der Waals surface area contributed by atoms with Gasteiger partial charge in [-0.05, 0) is 12.1 Å². The smallest absolute Gasteiger partial charge is 0.290 e. The monoisotopic (exact) mass is 181 g/mol. The van der Waals surface area contributed by atoms with Crippen LogP contribution in [0, 0.1) is 5.62 Å². The van der Waals surface area contributed by atoms with Crippen LogP contribution in [0.1, 0.15) is 0 Å². The van der Waals surface area contributed by atoms with Gasteiger partial charge >= 0.3 is 0 Å². The highest BCUT2D eigenvalue weighted by Gasteiger charge is 2.19. The summed E-state index contributed by atoms with van der Waals surface area (Å²) in [5.41, 5.74) is 0.668. The molecular weight excluding hydrogens is 172 g/mol. The standard InChI is InChI=1S/C9H9O2S/c1-2-4-8(5-3-1)12-9-10-6-7-11-9/h1-5H,6-7H2. The minimum Gasteiger partial charge on any atom is -0.334 e.